The van der Waals surface area contributed by atoms with Gasteiger partial charge in [-0.15, -0.1) is 0 Å². The summed E-state index contributed by atoms with van der Waals surface area (Å²) in [5.41, 5.74) is -0.120. The molecular formula is C13H21N3O2. The smallest absolute Gasteiger partial charge is 0.293 e. The summed E-state index contributed by atoms with van der Waals surface area (Å²) < 4.78 is 1.64. The number of hydrogen-bond donors (Lipinski definition) is 2. The average molecular weight is 251 g/mol. The van der Waals surface area contributed by atoms with Crippen LogP contribution in [-0.4, -0.2) is 26.8 Å². The number of hydrogen-bond acceptors (Lipinski definition) is 4. The Morgan fingerprint density at radius 2 is 2.17 bits per heavy atom. The van der Waals surface area contributed by atoms with Crippen LogP contribution < -0.4 is 10.9 Å². The zero-order valence-corrected chi connectivity index (χ0v) is 11.0. The fourth-order valence-electron chi connectivity index (χ4n) is 2.39. The second-order valence-corrected chi connectivity index (χ2v) is 5.18. The van der Waals surface area contributed by atoms with Gasteiger partial charge in [0.2, 0.25) is 0 Å². The molecule has 2 N–H and O–H groups in total. The molecule has 100 valence electrons. The first-order chi connectivity index (χ1) is 8.59. The van der Waals surface area contributed by atoms with Gasteiger partial charge in [-0.25, -0.2) is 4.98 Å². The van der Waals surface area contributed by atoms with Crippen LogP contribution in [0.2, 0.25) is 0 Å². The molecule has 2 atom stereocenters. The lowest BCUT2D eigenvalue weighted by atomic mass is 9.93. The van der Waals surface area contributed by atoms with Crippen LogP contribution in [0.15, 0.2) is 17.2 Å². The van der Waals surface area contributed by atoms with Crippen LogP contribution in [0.4, 0.5) is 5.82 Å². The van der Waals surface area contributed by atoms with Crippen LogP contribution in [0.3, 0.4) is 0 Å². The molecule has 0 bridgehead atoms. The average Bonchev–Trinajstić information content (AvgIpc) is 2.34. The van der Waals surface area contributed by atoms with Crippen molar-refractivity contribution in [1.29, 1.82) is 0 Å². The van der Waals surface area contributed by atoms with Gasteiger partial charge in [0.05, 0.1) is 12.1 Å². The molecule has 1 aromatic rings. The lowest BCUT2D eigenvalue weighted by molar-refractivity contribution is 0.116. The summed E-state index contributed by atoms with van der Waals surface area (Å²) in [4.78, 5) is 16.2. The van der Waals surface area contributed by atoms with Crippen molar-refractivity contribution in [1.82, 2.24) is 9.55 Å². The van der Waals surface area contributed by atoms with Gasteiger partial charge in [-0.2, -0.15) is 0 Å². The molecule has 1 aliphatic carbocycles. The molecular weight excluding hydrogens is 230 g/mol. The summed E-state index contributed by atoms with van der Waals surface area (Å²) in [6.07, 6.45) is 6.75. The largest absolute Gasteiger partial charge is 0.391 e. The molecule has 2 rings (SSSR count). The van der Waals surface area contributed by atoms with Gasteiger partial charge in [-0.05, 0) is 26.7 Å². The first-order valence-corrected chi connectivity index (χ1v) is 6.61. The van der Waals surface area contributed by atoms with E-state index in [-0.39, 0.29) is 23.7 Å². The molecule has 0 saturated heterocycles. The molecule has 0 aromatic carbocycles. The molecule has 1 fully saturated rings. The third kappa shape index (κ3) is 2.72. The van der Waals surface area contributed by atoms with E-state index < -0.39 is 0 Å². The van der Waals surface area contributed by atoms with Crippen molar-refractivity contribution >= 4 is 5.82 Å². The fourth-order valence-corrected chi connectivity index (χ4v) is 2.39. The van der Waals surface area contributed by atoms with Crippen LogP contribution in [0.5, 0.6) is 0 Å². The number of nitrogens with one attached hydrogen (secondary N) is 1. The third-order valence-electron chi connectivity index (χ3n) is 3.48. The van der Waals surface area contributed by atoms with Crippen molar-refractivity contribution in [2.45, 2.75) is 57.7 Å². The molecule has 5 nitrogen and oxygen atoms in total. The van der Waals surface area contributed by atoms with E-state index in [2.05, 4.69) is 10.3 Å². The molecule has 0 spiro atoms. The first kappa shape index (κ1) is 13.1. The van der Waals surface area contributed by atoms with Gasteiger partial charge in [0, 0.05) is 18.4 Å². The number of aliphatic hydroxyl groups excluding tert-OH is 1. The Labute approximate surface area is 107 Å². The standard InChI is InChI=1S/C13H21N3O2/c1-9(2)16-8-7-14-12(13(16)18)15-10-5-3-4-6-11(10)17/h7-11,17H,3-6H2,1-2H3,(H,14,15). The first-order valence-electron chi connectivity index (χ1n) is 6.61. The lowest BCUT2D eigenvalue weighted by Crippen LogP contribution is -2.39. The maximum Gasteiger partial charge on any atom is 0.293 e. The molecule has 18 heavy (non-hydrogen) atoms. The van der Waals surface area contributed by atoms with Gasteiger partial charge in [0.1, 0.15) is 0 Å². The van der Waals surface area contributed by atoms with E-state index in [4.69, 9.17) is 0 Å². The Balaban J connectivity index is 2.18. The van der Waals surface area contributed by atoms with E-state index in [0.717, 1.165) is 25.7 Å². The zero-order valence-electron chi connectivity index (χ0n) is 11.0. The van der Waals surface area contributed by atoms with Crippen molar-refractivity contribution in [3.05, 3.63) is 22.7 Å². The minimum absolute atomic E-state index is 0.0537. The molecule has 5 heteroatoms. The summed E-state index contributed by atoms with van der Waals surface area (Å²) in [6.45, 7) is 3.92. The van der Waals surface area contributed by atoms with Gasteiger partial charge in [0.25, 0.3) is 5.56 Å². The quantitative estimate of drug-likeness (QED) is 0.855. The highest BCUT2D eigenvalue weighted by atomic mass is 16.3. The summed E-state index contributed by atoms with van der Waals surface area (Å²) in [5.74, 6) is 0.345. The molecule has 0 radical (unpaired) electrons. The molecule has 0 amide bonds. The van der Waals surface area contributed by atoms with E-state index in [1.165, 1.54) is 0 Å². The maximum atomic E-state index is 12.1. The fraction of sp³-hybridized carbons (Fsp3) is 0.692. The van der Waals surface area contributed by atoms with Gasteiger partial charge in [-0.1, -0.05) is 12.8 Å². The maximum absolute atomic E-state index is 12.1. The molecule has 0 aliphatic heterocycles. The Bertz CT molecular complexity index is 456. The number of rotatable bonds is 3. The third-order valence-corrected chi connectivity index (χ3v) is 3.48. The van der Waals surface area contributed by atoms with Crippen molar-refractivity contribution in [3.63, 3.8) is 0 Å². The van der Waals surface area contributed by atoms with Crippen LogP contribution in [-0.2, 0) is 0 Å². The minimum Gasteiger partial charge on any atom is -0.391 e. The highest BCUT2D eigenvalue weighted by Crippen LogP contribution is 2.20. The molecule has 2 unspecified atom stereocenters. The summed E-state index contributed by atoms with van der Waals surface area (Å²) >= 11 is 0. The molecule has 1 saturated carbocycles. The Kier molecular flexibility index (Phi) is 4.01. The van der Waals surface area contributed by atoms with Gasteiger partial charge in [0.15, 0.2) is 5.82 Å². The van der Waals surface area contributed by atoms with Gasteiger partial charge >= 0.3 is 0 Å². The number of aromatic nitrogens is 2. The van der Waals surface area contributed by atoms with Gasteiger partial charge < -0.3 is 15.0 Å². The predicted octanol–water partition coefficient (Wildman–Crippen LogP) is 1.54. The van der Waals surface area contributed by atoms with Gasteiger partial charge in [-0.3, -0.25) is 4.79 Å². The number of anilines is 1. The number of nitrogens with zero attached hydrogens (tertiary/aromatic N) is 2. The second kappa shape index (κ2) is 5.52. The summed E-state index contributed by atoms with van der Waals surface area (Å²) in [6, 6.07) is 0.0549. The predicted molar refractivity (Wildman–Crippen MR) is 70.8 cm³/mol. The highest BCUT2D eigenvalue weighted by Gasteiger charge is 2.24. The molecule has 1 aliphatic rings. The Hall–Kier alpha value is -1.36. The van der Waals surface area contributed by atoms with Crippen LogP contribution in [0.1, 0.15) is 45.6 Å². The topological polar surface area (TPSA) is 67.2 Å². The van der Waals surface area contributed by atoms with Crippen molar-refractivity contribution in [2.24, 2.45) is 0 Å². The van der Waals surface area contributed by atoms with Crippen LogP contribution in [0, 0.1) is 0 Å². The van der Waals surface area contributed by atoms with E-state index >= 15 is 0 Å². The van der Waals surface area contributed by atoms with E-state index in [0.29, 0.717) is 5.82 Å². The monoisotopic (exact) mass is 251 g/mol. The second-order valence-electron chi connectivity index (χ2n) is 5.18. The van der Waals surface area contributed by atoms with Crippen LogP contribution >= 0.6 is 0 Å². The SMILES string of the molecule is CC(C)n1ccnc(NC2CCCCC2O)c1=O. The Morgan fingerprint density at radius 1 is 1.44 bits per heavy atom. The Morgan fingerprint density at radius 3 is 2.83 bits per heavy atom. The van der Waals surface area contributed by atoms with E-state index in [1.54, 1.807) is 17.0 Å². The van der Waals surface area contributed by atoms with E-state index in [9.17, 15) is 9.90 Å². The van der Waals surface area contributed by atoms with Crippen molar-refractivity contribution in [2.75, 3.05) is 5.32 Å². The summed E-state index contributed by atoms with van der Waals surface area (Å²) in [5, 5.41) is 13.0. The molecule has 1 aromatic heterocycles. The zero-order chi connectivity index (χ0) is 13.1. The lowest BCUT2D eigenvalue weighted by Gasteiger charge is -2.28. The van der Waals surface area contributed by atoms with Crippen LogP contribution in [0.25, 0.3) is 0 Å². The van der Waals surface area contributed by atoms with E-state index in [1.807, 2.05) is 13.8 Å². The number of aliphatic hydroxyl groups is 1. The van der Waals surface area contributed by atoms with Crippen molar-refractivity contribution < 1.29 is 5.11 Å². The summed E-state index contributed by atoms with van der Waals surface area (Å²) in [7, 11) is 0. The van der Waals surface area contributed by atoms with Crippen molar-refractivity contribution in [3.8, 4) is 0 Å². The normalized spacial score (nSPS) is 24.2. The minimum atomic E-state index is -0.382. The molecule has 1 heterocycles. The highest BCUT2D eigenvalue weighted by molar-refractivity contribution is 5.33.